The summed E-state index contributed by atoms with van der Waals surface area (Å²) in [6, 6.07) is 12.1. The minimum atomic E-state index is -3.01. The van der Waals surface area contributed by atoms with Gasteiger partial charge in [0, 0.05) is 49.1 Å². The zero-order valence-electron chi connectivity index (χ0n) is 18.7. The zero-order chi connectivity index (χ0) is 23.0. The van der Waals surface area contributed by atoms with Gasteiger partial charge in [0.2, 0.25) is 5.88 Å². The number of fused-ring (bicyclic) bond motifs is 2. The van der Waals surface area contributed by atoms with E-state index >= 15 is 0 Å². The molecule has 0 bridgehead atoms. The molecule has 4 aromatic rings. The Balaban J connectivity index is 1.45. The van der Waals surface area contributed by atoms with E-state index in [0.29, 0.717) is 29.8 Å². The van der Waals surface area contributed by atoms with Crippen LogP contribution in [0.1, 0.15) is 13.3 Å². The third-order valence-corrected chi connectivity index (χ3v) is 6.88. The third-order valence-electron chi connectivity index (χ3n) is 5.85. The highest BCUT2D eigenvalue weighted by Gasteiger charge is 2.22. The highest BCUT2D eigenvalue weighted by atomic mass is 32.2. The van der Waals surface area contributed by atoms with Crippen molar-refractivity contribution in [1.82, 2.24) is 19.9 Å². The first-order valence-electron chi connectivity index (χ1n) is 11.0. The van der Waals surface area contributed by atoms with Crippen molar-refractivity contribution < 1.29 is 17.6 Å². The Labute approximate surface area is 192 Å². The van der Waals surface area contributed by atoms with Gasteiger partial charge < -0.3 is 19.4 Å². The van der Waals surface area contributed by atoms with Crippen LogP contribution in [0.4, 0.5) is 5.69 Å². The summed E-state index contributed by atoms with van der Waals surface area (Å²) in [7, 11) is -3.01. The Morgan fingerprint density at radius 2 is 2.15 bits per heavy atom. The highest BCUT2D eigenvalue weighted by molar-refractivity contribution is 7.90. The molecule has 4 heterocycles. The second-order valence-electron chi connectivity index (χ2n) is 8.46. The molecule has 1 atom stereocenters. The van der Waals surface area contributed by atoms with Crippen molar-refractivity contribution >= 4 is 32.1 Å². The van der Waals surface area contributed by atoms with Gasteiger partial charge >= 0.3 is 0 Å². The van der Waals surface area contributed by atoms with E-state index in [-0.39, 0.29) is 12.4 Å². The van der Waals surface area contributed by atoms with Crippen LogP contribution in [0.25, 0.3) is 28.1 Å². The van der Waals surface area contributed by atoms with Gasteiger partial charge in [-0.15, -0.1) is 5.10 Å². The zero-order valence-corrected chi connectivity index (χ0v) is 19.5. The monoisotopic (exact) mass is 469 g/mol. The number of imidazole rings is 1. The van der Waals surface area contributed by atoms with E-state index in [4.69, 9.17) is 9.15 Å². The molecular weight excluding hydrogens is 442 g/mol. The van der Waals surface area contributed by atoms with Crippen molar-refractivity contribution in [3.05, 3.63) is 42.6 Å². The van der Waals surface area contributed by atoms with Gasteiger partial charge in [0.15, 0.2) is 11.4 Å². The summed E-state index contributed by atoms with van der Waals surface area (Å²) < 4.78 is 36.2. The second kappa shape index (κ2) is 8.68. The van der Waals surface area contributed by atoms with Crippen molar-refractivity contribution in [2.24, 2.45) is 0 Å². The number of hydrogen-bond acceptors (Lipinski definition) is 8. The smallest absolute Gasteiger partial charge is 0.231 e. The summed E-state index contributed by atoms with van der Waals surface area (Å²) >= 11 is 0. The number of benzene rings is 1. The Morgan fingerprint density at radius 1 is 1.27 bits per heavy atom. The topological polar surface area (TPSA) is 102 Å². The lowest BCUT2D eigenvalue weighted by molar-refractivity contribution is 0.301. The quantitative estimate of drug-likeness (QED) is 0.412. The Kier molecular flexibility index (Phi) is 5.71. The van der Waals surface area contributed by atoms with E-state index in [2.05, 4.69) is 33.3 Å². The van der Waals surface area contributed by atoms with Crippen LogP contribution in [0.3, 0.4) is 0 Å². The van der Waals surface area contributed by atoms with Gasteiger partial charge in [-0.05, 0) is 37.6 Å². The van der Waals surface area contributed by atoms with Crippen molar-refractivity contribution in [3.8, 4) is 17.3 Å². The standard InChI is InChI=1S/C23H27N5O4S/c1-16-14-24-9-10-27(16)18-5-3-6-20-17(18)13-21(32-20)19-15-25-22-7-8-23(26-28(19)22)31-11-4-12-33(2,29)30/h3,5-8,13,15-16,24H,4,9-12,14H2,1-2H3/t16-/m0/s1. The molecule has 1 aromatic carbocycles. The van der Waals surface area contributed by atoms with Crippen molar-refractivity contribution in [1.29, 1.82) is 0 Å². The Hall–Kier alpha value is -3.11. The lowest BCUT2D eigenvalue weighted by Gasteiger charge is -2.36. The van der Waals surface area contributed by atoms with Gasteiger partial charge in [0.1, 0.15) is 21.1 Å². The minimum Gasteiger partial charge on any atom is -0.477 e. The van der Waals surface area contributed by atoms with Crippen LogP contribution in [0.2, 0.25) is 0 Å². The molecule has 1 aliphatic heterocycles. The number of rotatable bonds is 7. The number of furan rings is 1. The highest BCUT2D eigenvalue weighted by Crippen LogP contribution is 2.35. The number of sulfone groups is 1. The van der Waals surface area contributed by atoms with Crippen LogP contribution in [0.5, 0.6) is 5.88 Å². The first-order valence-corrected chi connectivity index (χ1v) is 13.1. The van der Waals surface area contributed by atoms with E-state index in [9.17, 15) is 8.42 Å². The van der Waals surface area contributed by atoms with Gasteiger partial charge in [0.05, 0.1) is 18.6 Å². The lowest BCUT2D eigenvalue weighted by atomic mass is 10.1. The number of piperazine rings is 1. The molecule has 9 nitrogen and oxygen atoms in total. The fourth-order valence-corrected chi connectivity index (χ4v) is 4.86. The molecular formula is C23H27N5O4S. The van der Waals surface area contributed by atoms with E-state index in [0.717, 1.165) is 42.0 Å². The largest absolute Gasteiger partial charge is 0.477 e. The molecule has 1 fully saturated rings. The number of nitrogens with zero attached hydrogens (tertiary/aromatic N) is 4. The van der Waals surface area contributed by atoms with Crippen LogP contribution in [-0.4, -0.2) is 67.3 Å². The maximum Gasteiger partial charge on any atom is 0.231 e. The Bertz CT molecular complexity index is 1390. The molecule has 10 heteroatoms. The summed E-state index contributed by atoms with van der Waals surface area (Å²) in [6.45, 7) is 5.34. The van der Waals surface area contributed by atoms with Crippen LogP contribution < -0.4 is 15.0 Å². The summed E-state index contributed by atoms with van der Waals surface area (Å²) in [4.78, 5) is 6.86. The van der Waals surface area contributed by atoms with Gasteiger partial charge in [0.25, 0.3) is 0 Å². The van der Waals surface area contributed by atoms with Crippen LogP contribution in [-0.2, 0) is 9.84 Å². The van der Waals surface area contributed by atoms with Crippen molar-refractivity contribution in [2.75, 3.05) is 43.1 Å². The summed E-state index contributed by atoms with van der Waals surface area (Å²) in [5.41, 5.74) is 3.37. The second-order valence-corrected chi connectivity index (χ2v) is 10.7. The van der Waals surface area contributed by atoms with Gasteiger partial charge in [-0.25, -0.2) is 17.9 Å². The van der Waals surface area contributed by atoms with Crippen LogP contribution in [0.15, 0.2) is 47.0 Å². The average Bonchev–Trinajstić information content (AvgIpc) is 3.40. The molecule has 1 N–H and O–H groups in total. The van der Waals surface area contributed by atoms with Gasteiger partial charge in [-0.3, -0.25) is 0 Å². The average molecular weight is 470 g/mol. The predicted octanol–water partition coefficient (Wildman–Crippen LogP) is 2.75. The van der Waals surface area contributed by atoms with Gasteiger partial charge in [-0.2, -0.15) is 0 Å². The van der Waals surface area contributed by atoms with Crippen LogP contribution >= 0.6 is 0 Å². The first-order chi connectivity index (χ1) is 15.9. The third kappa shape index (κ3) is 4.53. The van der Waals surface area contributed by atoms with Crippen molar-refractivity contribution in [2.45, 2.75) is 19.4 Å². The molecule has 3 aromatic heterocycles. The maximum atomic E-state index is 11.3. The SMILES string of the molecule is C[C@H]1CNCCN1c1cccc2oc(-c3cnc4ccc(OCCCS(C)(=O)=O)nn34)cc12. The number of nitrogens with one attached hydrogen (secondary N) is 1. The van der Waals surface area contributed by atoms with E-state index < -0.39 is 9.84 Å². The molecule has 0 unspecified atom stereocenters. The lowest BCUT2D eigenvalue weighted by Crippen LogP contribution is -2.49. The van der Waals surface area contributed by atoms with Crippen LogP contribution in [0, 0.1) is 0 Å². The number of ether oxygens (including phenoxy) is 1. The summed E-state index contributed by atoms with van der Waals surface area (Å²) in [5, 5.41) is 9.04. The van der Waals surface area contributed by atoms with E-state index in [1.807, 2.05) is 24.3 Å². The molecule has 0 spiro atoms. The molecule has 5 rings (SSSR count). The molecule has 1 aliphatic rings. The number of anilines is 1. The molecule has 0 aliphatic carbocycles. The molecule has 1 saturated heterocycles. The molecule has 33 heavy (non-hydrogen) atoms. The van der Waals surface area contributed by atoms with Crippen molar-refractivity contribution in [3.63, 3.8) is 0 Å². The normalized spacial score (nSPS) is 17.2. The maximum absolute atomic E-state index is 11.3. The molecule has 0 saturated carbocycles. The fraction of sp³-hybridized carbons (Fsp3) is 0.391. The summed E-state index contributed by atoms with van der Waals surface area (Å²) in [5.74, 6) is 1.16. The molecule has 174 valence electrons. The summed E-state index contributed by atoms with van der Waals surface area (Å²) in [6.07, 6.45) is 3.36. The van der Waals surface area contributed by atoms with Gasteiger partial charge in [-0.1, -0.05) is 6.07 Å². The molecule has 0 radical (unpaired) electrons. The van der Waals surface area contributed by atoms with E-state index in [1.54, 1.807) is 16.8 Å². The fourth-order valence-electron chi connectivity index (χ4n) is 4.22. The first kappa shape index (κ1) is 21.7. The minimum absolute atomic E-state index is 0.0819. The predicted molar refractivity (Wildman–Crippen MR) is 128 cm³/mol. The Morgan fingerprint density at radius 3 is 2.97 bits per heavy atom. The van der Waals surface area contributed by atoms with E-state index in [1.165, 1.54) is 6.26 Å². The number of aromatic nitrogens is 3. The number of hydrogen-bond donors (Lipinski definition) is 1. The molecule has 0 amide bonds.